The second kappa shape index (κ2) is 15.3. The molecule has 5 N–H and O–H groups in total. The molecule has 6 atom stereocenters. The Bertz CT molecular complexity index is 2330. The number of halogens is 3. The monoisotopic (exact) mass is 819 g/mol. The van der Waals surface area contributed by atoms with Crippen LogP contribution in [-0.4, -0.2) is 130 Å². The summed E-state index contributed by atoms with van der Waals surface area (Å²) < 4.78 is 47.9. The Kier molecular flexibility index (Phi) is 10.0. The predicted molar refractivity (Wildman–Crippen MR) is 200 cm³/mol. The number of amides is 2. The largest absolute Gasteiger partial charge is 0.493 e. The molecule has 22 heteroatoms. The molecule has 3 aromatic heterocycles. The summed E-state index contributed by atoms with van der Waals surface area (Å²) in [5, 5.41) is 44.2. The molecule has 2 aromatic carbocycles. The molecular weight excluding hydrogens is 779 g/mol. The van der Waals surface area contributed by atoms with Gasteiger partial charge in [0.1, 0.15) is 12.2 Å². The normalized spacial score (nSPS) is 24.1. The number of tetrazole rings is 1. The lowest BCUT2D eigenvalue weighted by Crippen LogP contribution is -2.52. The summed E-state index contributed by atoms with van der Waals surface area (Å²) in [7, 11) is 0. The van der Waals surface area contributed by atoms with Gasteiger partial charge in [-0.2, -0.15) is 27.9 Å². The Hall–Kier alpha value is -5.97. The topological polar surface area (TPSA) is 223 Å². The maximum atomic E-state index is 13.4. The summed E-state index contributed by atoms with van der Waals surface area (Å²) in [5.74, 6) is -2.11. The van der Waals surface area contributed by atoms with Crippen LogP contribution in [-0.2, 0) is 20.9 Å². The van der Waals surface area contributed by atoms with Crippen molar-refractivity contribution in [2.45, 2.75) is 75.0 Å². The minimum Gasteiger partial charge on any atom is -0.387 e. The standard InChI is InChI=1S/C37H40F3N13O6/c1-2-52-48-31(47-49-52)29-27(54)28(55)33(58-29)51-18-43-26-30(42-16-25-23-9-5-3-7-21(23)22-8-4-6-10-24(22)25)45-35(46-32(26)51)50-14-12-20(17-50)53(59-34(56)37(38,39)40)36(57)44-19-11-13-41-15-19/h3-10,18-20,25,27-29,33,41,54-55H,2,11-17H2,1H3,(H,44,57)(H,42,45,46)/t19?,20-,27+,28+,29+,33-/m1/s1. The zero-order valence-corrected chi connectivity index (χ0v) is 31.5. The number of ether oxygens (including phenoxy) is 1. The van der Waals surface area contributed by atoms with Gasteiger partial charge in [-0.25, -0.2) is 14.6 Å². The van der Waals surface area contributed by atoms with E-state index in [4.69, 9.17) is 19.5 Å². The number of alkyl halides is 3. The highest BCUT2D eigenvalue weighted by Gasteiger charge is 2.48. The molecule has 0 bridgehead atoms. The molecule has 19 nitrogen and oxygen atoms in total. The van der Waals surface area contributed by atoms with E-state index in [-0.39, 0.29) is 48.9 Å². The fourth-order valence-corrected chi connectivity index (χ4v) is 8.19. The molecule has 1 aliphatic carbocycles. The third-order valence-electron chi connectivity index (χ3n) is 11.1. The molecular formula is C37H40F3N13O6. The van der Waals surface area contributed by atoms with Crippen LogP contribution in [0.3, 0.4) is 0 Å². The van der Waals surface area contributed by atoms with E-state index in [1.807, 2.05) is 31.2 Å². The number of nitrogens with one attached hydrogen (secondary N) is 3. The van der Waals surface area contributed by atoms with E-state index in [0.29, 0.717) is 49.0 Å². The molecule has 5 aromatic rings. The number of nitrogens with zero attached hydrogens (tertiary/aromatic N) is 10. The Labute approximate surface area is 333 Å². The third kappa shape index (κ3) is 7.14. The van der Waals surface area contributed by atoms with Crippen molar-refractivity contribution in [1.29, 1.82) is 0 Å². The van der Waals surface area contributed by atoms with Crippen molar-refractivity contribution in [3.05, 3.63) is 71.8 Å². The van der Waals surface area contributed by atoms with Crippen LogP contribution in [0.1, 0.15) is 55.0 Å². The van der Waals surface area contributed by atoms with Gasteiger partial charge in [0.05, 0.1) is 18.9 Å². The molecule has 2 amide bonds. The van der Waals surface area contributed by atoms with Crippen molar-refractivity contribution in [2.24, 2.45) is 0 Å². The summed E-state index contributed by atoms with van der Waals surface area (Å²) in [6.45, 7) is 3.69. The Morgan fingerprint density at radius 3 is 2.47 bits per heavy atom. The maximum absolute atomic E-state index is 13.4. The number of aliphatic hydroxyl groups is 2. The van der Waals surface area contributed by atoms with Crippen LogP contribution in [0.15, 0.2) is 54.9 Å². The lowest BCUT2D eigenvalue weighted by molar-refractivity contribution is -0.232. The van der Waals surface area contributed by atoms with Crippen molar-refractivity contribution < 1.29 is 42.5 Å². The number of carbonyl (C=O) groups excluding carboxylic acids is 2. The van der Waals surface area contributed by atoms with E-state index in [9.17, 15) is 33.0 Å². The van der Waals surface area contributed by atoms with Gasteiger partial charge in [0.25, 0.3) is 0 Å². The second-order valence-electron chi connectivity index (χ2n) is 14.8. The van der Waals surface area contributed by atoms with Crippen molar-refractivity contribution in [3.8, 4) is 11.1 Å². The number of urea groups is 1. The molecule has 9 rings (SSSR count). The number of hydrogen-bond donors (Lipinski definition) is 5. The number of carbonyl (C=O) groups is 2. The highest BCUT2D eigenvalue weighted by molar-refractivity contribution is 5.85. The molecule has 0 saturated carbocycles. The van der Waals surface area contributed by atoms with E-state index in [2.05, 4.69) is 60.6 Å². The fourth-order valence-electron chi connectivity index (χ4n) is 8.19. The van der Waals surface area contributed by atoms with Crippen molar-refractivity contribution >= 4 is 34.9 Å². The first kappa shape index (κ1) is 38.5. The second-order valence-corrected chi connectivity index (χ2v) is 14.8. The summed E-state index contributed by atoms with van der Waals surface area (Å²) in [6, 6.07) is 13.9. The van der Waals surface area contributed by atoms with Gasteiger partial charge in [-0.3, -0.25) is 4.57 Å². The van der Waals surface area contributed by atoms with Gasteiger partial charge < -0.3 is 40.6 Å². The van der Waals surface area contributed by atoms with Crippen LogP contribution in [0.5, 0.6) is 0 Å². The van der Waals surface area contributed by atoms with Crippen molar-refractivity contribution in [3.63, 3.8) is 0 Å². The SMILES string of the molecule is CCn1nnc([C@H]2O[C@@H](n3cnc4c(NCC5c6ccccc6-c6ccccc65)nc(N5CC[C@@H](N(OC(=O)C(F)(F)F)C(=O)NC6CCNC6)C5)nc43)[C@@H](O)[C@@H]2O)n1. The summed E-state index contributed by atoms with van der Waals surface area (Å²) in [6.07, 6.45) is -8.56. The zero-order chi connectivity index (χ0) is 41.0. The molecule has 3 saturated heterocycles. The van der Waals surface area contributed by atoms with Crippen LogP contribution < -0.4 is 20.9 Å². The van der Waals surface area contributed by atoms with E-state index in [0.717, 1.165) is 22.3 Å². The van der Waals surface area contributed by atoms with Crippen LogP contribution in [0, 0.1) is 0 Å². The highest BCUT2D eigenvalue weighted by Crippen LogP contribution is 2.45. The van der Waals surface area contributed by atoms with Gasteiger partial charge in [0.15, 0.2) is 29.3 Å². The lowest BCUT2D eigenvalue weighted by atomic mass is 9.97. The molecule has 4 aliphatic rings. The highest BCUT2D eigenvalue weighted by atomic mass is 19.4. The smallest absolute Gasteiger partial charge is 0.387 e. The molecule has 3 fully saturated rings. The number of hydrogen-bond acceptors (Lipinski definition) is 15. The van der Waals surface area contributed by atoms with Gasteiger partial charge in [-0.05, 0) is 53.8 Å². The van der Waals surface area contributed by atoms with Gasteiger partial charge in [-0.15, -0.1) is 15.3 Å². The minimum atomic E-state index is -5.35. The molecule has 0 radical (unpaired) electrons. The zero-order valence-electron chi connectivity index (χ0n) is 31.5. The summed E-state index contributed by atoms with van der Waals surface area (Å²) in [5.41, 5.74) is 4.98. The third-order valence-corrected chi connectivity index (χ3v) is 11.1. The molecule has 1 unspecified atom stereocenters. The van der Waals surface area contributed by atoms with Gasteiger partial charge in [0.2, 0.25) is 11.8 Å². The first-order valence-corrected chi connectivity index (χ1v) is 19.3. The van der Waals surface area contributed by atoms with Crippen LogP contribution in [0.2, 0.25) is 0 Å². The molecule has 6 heterocycles. The Morgan fingerprint density at radius 2 is 1.80 bits per heavy atom. The summed E-state index contributed by atoms with van der Waals surface area (Å²) >= 11 is 0. The molecule has 59 heavy (non-hydrogen) atoms. The molecule has 310 valence electrons. The van der Waals surface area contributed by atoms with Crippen LogP contribution in [0.4, 0.5) is 29.7 Å². The number of hydroxylamine groups is 2. The van der Waals surface area contributed by atoms with Gasteiger partial charge >= 0.3 is 18.2 Å². The average Bonchev–Trinajstić information content (AvgIpc) is 4.10. The lowest BCUT2D eigenvalue weighted by Gasteiger charge is -2.28. The van der Waals surface area contributed by atoms with Crippen molar-refractivity contribution in [2.75, 3.05) is 42.9 Å². The first-order chi connectivity index (χ1) is 28.5. The summed E-state index contributed by atoms with van der Waals surface area (Å²) in [4.78, 5) is 47.4. The van der Waals surface area contributed by atoms with E-state index < -0.39 is 48.8 Å². The van der Waals surface area contributed by atoms with Gasteiger partial charge in [-0.1, -0.05) is 48.5 Å². The Balaban J connectivity index is 1.05. The maximum Gasteiger partial charge on any atom is 0.493 e. The number of anilines is 2. The van der Waals surface area contributed by atoms with Crippen LogP contribution >= 0.6 is 0 Å². The number of aryl methyl sites for hydroxylation is 1. The number of rotatable bonds is 9. The fraction of sp³-hybridized carbons (Fsp3) is 0.459. The number of aliphatic hydroxyl groups excluding tert-OH is 2. The average molecular weight is 820 g/mol. The van der Waals surface area contributed by atoms with Gasteiger partial charge in [0, 0.05) is 38.1 Å². The Morgan fingerprint density at radius 1 is 1.05 bits per heavy atom. The van der Waals surface area contributed by atoms with Crippen LogP contribution in [0.25, 0.3) is 22.3 Å². The minimum absolute atomic E-state index is 0.0699. The number of benzene rings is 2. The first-order valence-electron chi connectivity index (χ1n) is 19.3. The number of imidazole rings is 1. The predicted octanol–water partition coefficient (Wildman–Crippen LogP) is 2.02. The van der Waals surface area contributed by atoms with E-state index in [1.165, 1.54) is 15.7 Å². The quantitative estimate of drug-likeness (QED) is 0.134. The van der Waals surface area contributed by atoms with Crippen molar-refractivity contribution in [1.82, 2.24) is 55.4 Å². The number of fused-ring (bicyclic) bond motifs is 4. The van der Waals surface area contributed by atoms with E-state index in [1.54, 1.807) is 4.90 Å². The van der Waals surface area contributed by atoms with E-state index >= 15 is 0 Å². The number of aromatic nitrogens is 8. The molecule has 0 spiro atoms. The molecule has 3 aliphatic heterocycles.